The molecule has 0 bridgehead atoms. The van der Waals surface area contributed by atoms with Crippen LogP contribution in [-0.4, -0.2) is 9.97 Å². The smallest absolute Gasteiger partial charge is 0.340 e. The van der Waals surface area contributed by atoms with Crippen molar-refractivity contribution in [3.05, 3.63) is 71.4 Å². The van der Waals surface area contributed by atoms with Crippen LogP contribution in [0.4, 0.5) is 45.1 Å². The summed E-state index contributed by atoms with van der Waals surface area (Å²) in [4.78, 5) is 8.14. The molecule has 0 aliphatic heterocycles. The Kier molecular flexibility index (Phi) is 4.93. The maximum Gasteiger partial charge on any atom is 0.416 e. The molecular weight excluding hydrogens is 367 g/mol. The molecule has 0 atom stereocenters. The van der Waals surface area contributed by atoms with Gasteiger partial charge in [0.25, 0.3) is 0 Å². The molecule has 2 aromatic carbocycles. The standard InChI is InChI=1S/C18H13F5N4/c1-10-9-15(25-12-7-5-11(6-8-12)18(21,22)23)26-17(24-10)27-16-13(19)3-2-4-14(16)20/h2-9H,1H3,(H2,24,25,26,27). The fourth-order valence-corrected chi connectivity index (χ4v) is 2.31. The molecule has 1 heterocycles. The minimum absolute atomic E-state index is 0.0617. The van der Waals surface area contributed by atoms with E-state index in [1.54, 1.807) is 13.0 Å². The van der Waals surface area contributed by atoms with E-state index in [1.165, 1.54) is 18.2 Å². The summed E-state index contributed by atoms with van der Waals surface area (Å²) < 4.78 is 65.3. The van der Waals surface area contributed by atoms with E-state index in [0.717, 1.165) is 24.3 Å². The van der Waals surface area contributed by atoms with Crippen molar-refractivity contribution in [2.75, 3.05) is 10.6 Å². The number of nitrogens with one attached hydrogen (secondary N) is 2. The summed E-state index contributed by atoms with van der Waals surface area (Å²) in [6, 6.07) is 9.32. The number of alkyl halides is 3. The van der Waals surface area contributed by atoms with Gasteiger partial charge in [0.1, 0.15) is 23.1 Å². The topological polar surface area (TPSA) is 49.8 Å². The molecule has 0 amide bonds. The summed E-state index contributed by atoms with van der Waals surface area (Å²) in [6.45, 7) is 1.64. The van der Waals surface area contributed by atoms with E-state index in [9.17, 15) is 22.0 Å². The second kappa shape index (κ2) is 7.18. The van der Waals surface area contributed by atoms with Crippen LogP contribution in [0.25, 0.3) is 0 Å². The Morgan fingerprint density at radius 3 is 2.07 bits per heavy atom. The Bertz CT molecular complexity index is 935. The zero-order chi connectivity index (χ0) is 19.6. The van der Waals surface area contributed by atoms with Gasteiger partial charge >= 0.3 is 6.18 Å². The SMILES string of the molecule is Cc1cc(Nc2ccc(C(F)(F)F)cc2)nc(Nc2c(F)cccc2F)n1. The van der Waals surface area contributed by atoms with Crippen molar-refractivity contribution in [2.45, 2.75) is 13.1 Å². The van der Waals surface area contributed by atoms with Gasteiger partial charge in [0.2, 0.25) is 5.95 Å². The van der Waals surface area contributed by atoms with E-state index in [-0.39, 0.29) is 11.8 Å². The predicted molar refractivity (Wildman–Crippen MR) is 91.1 cm³/mol. The predicted octanol–water partition coefficient (Wildman–Crippen LogP) is 5.57. The molecule has 27 heavy (non-hydrogen) atoms. The molecule has 0 unspecified atom stereocenters. The largest absolute Gasteiger partial charge is 0.416 e. The first-order chi connectivity index (χ1) is 12.7. The highest BCUT2D eigenvalue weighted by atomic mass is 19.4. The van der Waals surface area contributed by atoms with Crippen LogP contribution >= 0.6 is 0 Å². The van der Waals surface area contributed by atoms with E-state index in [0.29, 0.717) is 11.4 Å². The van der Waals surface area contributed by atoms with Gasteiger partial charge in [-0.05, 0) is 43.3 Å². The average molecular weight is 380 g/mol. The molecule has 1 aromatic heterocycles. The van der Waals surface area contributed by atoms with Crippen LogP contribution in [0.3, 0.4) is 0 Å². The Labute approximate surface area is 151 Å². The van der Waals surface area contributed by atoms with Gasteiger partial charge in [-0.25, -0.2) is 13.8 Å². The summed E-state index contributed by atoms with van der Waals surface area (Å²) in [5, 5.41) is 5.31. The van der Waals surface area contributed by atoms with E-state index in [2.05, 4.69) is 20.6 Å². The van der Waals surface area contributed by atoms with Gasteiger partial charge in [0.15, 0.2) is 0 Å². The lowest BCUT2D eigenvalue weighted by Gasteiger charge is -2.12. The molecule has 0 aliphatic carbocycles. The van der Waals surface area contributed by atoms with Crippen LogP contribution in [0.15, 0.2) is 48.5 Å². The van der Waals surface area contributed by atoms with Crippen LogP contribution in [0.2, 0.25) is 0 Å². The van der Waals surface area contributed by atoms with Crippen molar-refractivity contribution in [3.63, 3.8) is 0 Å². The van der Waals surface area contributed by atoms with Crippen LogP contribution < -0.4 is 10.6 Å². The molecular formula is C18H13F5N4. The average Bonchev–Trinajstić information content (AvgIpc) is 2.57. The number of rotatable bonds is 4. The normalized spacial score (nSPS) is 11.3. The first kappa shape index (κ1) is 18.6. The summed E-state index contributed by atoms with van der Waals surface area (Å²) in [6.07, 6.45) is -4.43. The summed E-state index contributed by atoms with van der Waals surface area (Å²) in [5.74, 6) is -1.43. The van der Waals surface area contributed by atoms with E-state index >= 15 is 0 Å². The molecule has 0 aliphatic rings. The molecule has 3 aromatic rings. The minimum atomic E-state index is -4.43. The van der Waals surface area contributed by atoms with Crippen molar-refractivity contribution in [1.29, 1.82) is 0 Å². The lowest BCUT2D eigenvalue weighted by molar-refractivity contribution is -0.137. The molecule has 0 radical (unpaired) electrons. The fraction of sp³-hybridized carbons (Fsp3) is 0.111. The van der Waals surface area contributed by atoms with Gasteiger partial charge in [-0.15, -0.1) is 0 Å². The first-order valence-electron chi connectivity index (χ1n) is 7.73. The maximum absolute atomic E-state index is 13.8. The number of aromatic nitrogens is 2. The lowest BCUT2D eigenvalue weighted by Crippen LogP contribution is -2.06. The highest BCUT2D eigenvalue weighted by molar-refractivity contribution is 5.61. The molecule has 0 saturated heterocycles. The molecule has 0 saturated carbocycles. The molecule has 9 heteroatoms. The third-order valence-corrected chi connectivity index (χ3v) is 3.54. The second-order valence-electron chi connectivity index (χ2n) is 5.64. The van der Waals surface area contributed by atoms with Crippen LogP contribution in [0.5, 0.6) is 0 Å². The zero-order valence-electron chi connectivity index (χ0n) is 13.9. The van der Waals surface area contributed by atoms with Crippen LogP contribution in [0.1, 0.15) is 11.3 Å². The maximum atomic E-state index is 13.8. The zero-order valence-corrected chi connectivity index (χ0v) is 13.9. The second-order valence-corrected chi connectivity index (χ2v) is 5.64. The lowest BCUT2D eigenvalue weighted by atomic mass is 10.2. The Morgan fingerprint density at radius 2 is 1.48 bits per heavy atom. The number of benzene rings is 2. The molecule has 4 nitrogen and oxygen atoms in total. The van der Waals surface area contributed by atoms with E-state index < -0.39 is 29.1 Å². The summed E-state index contributed by atoms with van der Waals surface area (Å²) in [5.41, 5.74) is -0.323. The van der Waals surface area contributed by atoms with Crippen molar-refractivity contribution in [2.24, 2.45) is 0 Å². The van der Waals surface area contributed by atoms with Gasteiger partial charge in [0, 0.05) is 17.4 Å². The number of halogens is 5. The Hall–Kier alpha value is -3.23. The molecule has 0 spiro atoms. The number of nitrogens with zero attached hydrogens (tertiary/aromatic N) is 2. The third-order valence-electron chi connectivity index (χ3n) is 3.54. The van der Waals surface area contributed by atoms with Crippen molar-refractivity contribution >= 4 is 23.1 Å². The Balaban J connectivity index is 1.83. The van der Waals surface area contributed by atoms with Crippen molar-refractivity contribution in [3.8, 4) is 0 Å². The van der Waals surface area contributed by atoms with Gasteiger partial charge in [0.05, 0.1) is 5.56 Å². The summed E-state index contributed by atoms with van der Waals surface area (Å²) in [7, 11) is 0. The van der Waals surface area contributed by atoms with E-state index in [1.807, 2.05) is 0 Å². The number of hydrogen-bond acceptors (Lipinski definition) is 4. The highest BCUT2D eigenvalue weighted by Gasteiger charge is 2.29. The van der Waals surface area contributed by atoms with Crippen LogP contribution in [-0.2, 0) is 6.18 Å². The molecule has 3 rings (SSSR count). The number of aryl methyl sites for hydroxylation is 1. The van der Waals surface area contributed by atoms with E-state index in [4.69, 9.17) is 0 Å². The Morgan fingerprint density at radius 1 is 0.852 bits per heavy atom. The van der Waals surface area contributed by atoms with Crippen LogP contribution in [0, 0.1) is 18.6 Å². The summed E-state index contributed by atoms with van der Waals surface area (Å²) >= 11 is 0. The highest BCUT2D eigenvalue weighted by Crippen LogP contribution is 2.30. The van der Waals surface area contributed by atoms with Gasteiger partial charge in [-0.2, -0.15) is 18.2 Å². The number of para-hydroxylation sites is 1. The van der Waals surface area contributed by atoms with Crippen molar-refractivity contribution < 1.29 is 22.0 Å². The molecule has 2 N–H and O–H groups in total. The first-order valence-corrected chi connectivity index (χ1v) is 7.73. The van der Waals surface area contributed by atoms with Crippen molar-refractivity contribution in [1.82, 2.24) is 9.97 Å². The number of hydrogen-bond donors (Lipinski definition) is 2. The monoisotopic (exact) mass is 380 g/mol. The fourth-order valence-electron chi connectivity index (χ4n) is 2.31. The minimum Gasteiger partial charge on any atom is -0.340 e. The molecule has 0 fully saturated rings. The van der Waals surface area contributed by atoms with Gasteiger partial charge in [-0.3, -0.25) is 0 Å². The third kappa shape index (κ3) is 4.49. The van der Waals surface area contributed by atoms with Gasteiger partial charge in [-0.1, -0.05) is 6.07 Å². The molecule has 140 valence electrons. The quantitative estimate of drug-likeness (QED) is 0.581. The van der Waals surface area contributed by atoms with Gasteiger partial charge < -0.3 is 10.6 Å². The number of anilines is 4.